The molecule has 0 amide bonds. The standard InChI is InChI=1S/C17H15NO3S/c19-17(14-5-2-6-15(9-14)18(20)21)11-22-16-8-7-12-3-1-4-13(12)10-16/h2,5-10H,1,3-4,11H2. The number of nitrogens with zero attached hydrogens (tertiary/aromatic N) is 1. The first kappa shape index (κ1) is 14.8. The van der Waals surface area contributed by atoms with Gasteiger partial charge in [0.05, 0.1) is 10.7 Å². The Balaban J connectivity index is 1.67. The van der Waals surface area contributed by atoms with Crippen LogP contribution in [-0.2, 0) is 12.8 Å². The molecule has 1 aliphatic carbocycles. The Bertz CT molecular complexity index is 742. The number of thioether (sulfide) groups is 1. The number of benzene rings is 2. The van der Waals surface area contributed by atoms with Crippen LogP contribution in [0.2, 0.25) is 0 Å². The highest BCUT2D eigenvalue weighted by Crippen LogP contribution is 2.28. The fourth-order valence-electron chi connectivity index (χ4n) is 2.66. The fourth-order valence-corrected chi connectivity index (χ4v) is 3.52. The lowest BCUT2D eigenvalue weighted by Gasteiger charge is -2.05. The van der Waals surface area contributed by atoms with Gasteiger partial charge in [0.1, 0.15) is 0 Å². The van der Waals surface area contributed by atoms with Gasteiger partial charge in [0.25, 0.3) is 5.69 Å². The number of hydrogen-bond donors (Lipinski definition) is 0. The number of carbonyl (C=O) groups is 1. The van der Waals surface area contributed by atoms with Gasteiger partial charge in [0, 0.05) is 22.6 Å². The largest absolute Gasteiger partial charge is 0.293 e. The Morgan fingerprint density at radius 2 is 1.95 bits per heavy atom. The second-order valence-electron chi connectivity index (χ2n) is 5.30. The van der Waals surface area contributed by atoms with Crippen molar-refractivity contribution in [3.05, 3.63) is 69.3 Å². The molecule has 4 nitrogen and oxygen atoms in total. The van der Waals surface area contributed by atoms with Gasteiger partial charge in [0.2, 0.25) is 0 Å². The Labute approximate surface area is 132 Å². The first-order valence-corrected chi connectivity index (χ1v) is 8.14. The van der Waals surface area contributed by atoms with E-state index in [4.69, 9.17) is 0 Å². The van der Waals surface area contributed by atoms with Crippen LogP contribution in [0, 0.1) is 10.1 Å². The Morgan fingerprint density at radius 1 is 1.14 bits per heavy atom. The van der Waals surface area contributed by atoms with Crippen molar-refractivity contribution < 1.29 is 9.72 Å². The highest BCUT2D eigenvalue weighted by molar-refractivity contribution is 8.00. The van der Waals surface area contributed by atoms with Crippen LogP contribution in [0.1, 0.15) is 27.9 Å². The van der Waals surface area contributed by atoms with Crippen LogP contribution in [0.25, 0.3) is 0 Å². The quantitative estimate of drug-likeness (QED) is 0.361. The van der Waals surface area contributed by atoms with Crippen molar-refractivity contribution >= 4 is 23.2 Å². The van der Waals surface area contributed by atoms with Crippen LogP contribution < -0.4 is 0 Å². The molecule has 0 atom stereocenters. The minimum Gasteiger partial charge on any atom is -0.293 e. The third-order valence-corrected chi connectivity index (χ3v) is 4.81. The lowest BCUT2D eigenvalue weighted by molar-refractivity contribution is -0.384. The van der Waals surface area contributed by atoms with Crippen molar-refractivity contribution in [1.82, 2.24) is 0 Å². The van der Waals surface area contributed by atoms with E-state index in [1.807, 2.05) is 0 Å². The second kappa shape index (κ2) is 6.32. The van der Waals surface area contributed by atoms with E-state index in [2.05, 4.69) is 18.2 Å². The fraction of sp³-hybridized carbons (Fsp3) is 0.235. The van der Waals surface area contributed by atoms with Gasteiger partial charge in [0.15, 0.2) is 5.78 Å². The minimum atomic E-state index is -0.482. The number of rotatable bonds is 5. The number of nitro benzene ring substituents is 1. The molecule has 0 radical (unpaired) electrons. The summed E-state index contributed by atoms with van der Waals surface area (Å²) < 4.78 is 0. The van der Waals surface area contributed by atoms with Crippen LogP contribution in [0.4, 0.5) is 5.69 Å². The number of Topliss-reactive ketones (excluding diaryl/α,β-unsaturated/α-hetero) is 1. The van der Waals surface area contributed by atoms with Crippen molar-refractivity contribution in [2.45, 2.75) is 24.2 Å². The molecule has 3 rings (SSSR count). The van der Waals surface area contributed by atoms with Gasteiger partial charge in [-0.1, -0.05) is 18.2 Å². The van der Waals surface area contributed by atoms with Crippen molar-refractivity contribution in [2.75, 3.05) is 5.75 Å². The number of non-ortho nitro benzene ring substituents is 1. The van der Waals surface area contributed by atoms with Crippen molar-refractivity contribution in [2.24, 2.45) is 0 Å². The van der Waals surface area contributed by atoms with Gasteiger partial charge in [-0.25, -0.2) is 0 Å². The number of fused-ring (bicyclic) bond motifs is 1. The highest BCUT2D eigenvalue weighted by atomic mass is 32.2. The van der Waals surface area contributed by atoms with Gasteiger partial charge in [-0.05, 0) is 42.5 Å². The summed E-state index contributed by atoms with van der Waals surface area (Å²) in [5.41, 5.74) is 3.14. The van der Waals surface area contributed by atoms with Crippen LogP contribution >= 0.6 is 11.8 Å². The molecule has 0 heterocycles. The molecule has 5 heteroatoms. The summed E-state index contributed by atoms with van der Waals surface area (Å²) in [5, 5.41) is 10.8. The van der Waals surface area contributed by atoms with Crippen LogP contribution in [0.15, 0.2) is 47.4 Å². The summed E-state index contributed by atoms with van der Waals surface area (Å²) in [6.45, 7) is 0. The summed E-state index contributed by atoms with van der Waals surface area (Å²) in [6, 6.07) is 12.3. The van der Waals surface area contributed by atoms with E-state index in [-0.39, 0.29) is 11.5 Å². The zero-order chi connectivity index (χ0) is 15.5. The Hall–Kier alpha value is -2.14. The topological polar surface area (TPSA) is 60.2 Å². The third kappa shape index (κ3) is 3.20. The monoisotopic (exact) mass is 313 g/mol. The molecular weight excluding hydrogens is 298 g/mol. The van der Waals surface area contributed by atoms with E-state index in [9.17, 15) is 14.9 Å². The van der Waals surface area contributed by atoms with E-state index in [1.165, 1.54) is 41.4 Å². The van der Waals surface area contributed by atoms with Crippen molar-refractivity contribution in [1.29, 1.82) is 0 Å². The zero-order valence-electron chi connectivity index (χ0n) is 12.0. The van der Waals surface area contributed by atoms with Gasteiger partial charge >= 0.3 is 0 Å². The van der Waals surface area contributed by atoms with Crippen molar-refractivity contribution in [3.63, 3.8) is 0 Å². The predicted octanol–water partition coefficient (Wildman–Crippen LogP) is 4.06. The van der Waals surface area contributed by atoms with E-state index in [1.54, 1.807) is 12.1 Å². The average Bonchev–Trinajstić information content (AvgIpc) is 3.00. The molecule has 0 aliphatic heterocycles. The summed E-state index contributed by atoms with van der Waals surface area (Å²) in [7, 11) is 0. The molecule has 0 saturated carbocycles. The molecule has 0 fully saturated rings. The minimum absolute atomic E-state index is 0.0478. The van der Waals surface area contributed by atoms with Gasteiger partial charge < -0.3 is 0 Å². The lowest BCUT2D eigenvalue weighted by atomic mass is 10.1. The molecule has 0 N–H and O–H groups in total. The maximum Gasteiger partial charge on any atom is 0.270 e. The maximum atomic E-state index is 12.2. The smallest absolute Gasteiger partial charge is 0.270 e. The molecule has 2 aromatic carbocycles. The van der Waals surface area contributed by atoms with E-state index in [0.29, 0.717) is 11.3 Å². The average molecular weight is 313 g/mol. The molecule has 22 heavy (non-hydrogen) atoms. The van der Waals surface area contributed by atoms with Crippen LogP contribution in [0.3, 0.4) is 0 Å². The number of nitro groups is 1. The molecule has 0 bridgehead atoms. The highest BCUT2D eigenvalue weighted by Gasteiger charge is 2.14. The van der Waals surface area contributed by atoms with Gasteiger partial charge in [-0.15, -0.1) is 11.8 Å². The first-order valence-electron chi connectivity index (χ1n) is 7.16. The molecular formula is C17H15NO3S. The summed E-state index contributed by atoms with van der Waals surface area (Å²) in [4.78, 5) is 23.5. The number of carbonyl (C=O) groups excluding carboxylic acids is 1. The molecule has 2 aromatic rings. The van der Waals surface area contributed by atoms with E-state index in [0.717, 1.165) is 17.7 Å². The molecule has 112 valence electrons. The molecule has 1 aliphatic rings. The molecule has 0 unspecified atom stereocenters. The lowest BCUT2D eigenvalue weighted by Crippen LogP contribution is -2.03. The molecule has 0 saturated heterocycles. The predicted molar refractivity (Wildman–Crippen MR) is 86.6 cm³/mol. The normalized spacial score (nSPS) is 12.9. The summed E-state index contributed by atoms with van der Waals surface area (Å²) >= 11 is 1.48. The van der Waals surface area contributed by atoms with E-state index >= 15 is 0 Å². The molecule has 0 aromatic heterocycles. The van der Waals surface area contributed by atoms with Gasteiger partial charge in [-0.3, -0.25) is 14.9 Å². The van der Waals surface area contributed by atoms with Crippen LogP contribution in [-0.4, -0.2) is 16.5 Å². The Kier molecular flexibility index (Phi) is 4.24. The number of hydrogen-bond acceptors (Lipinski definition) is 4. The Morgan fingerprint density at radius 3 is 2.77 bits per heavy atom. The molecule has 0 spiro atoms. The number of aryl methyl sites for hydroxylation is 2. The summed E-state index contributed by atoms with van der Waals surface area (Å²) in [5.74, 6) is 0.203. The summed E-state index contributed by atoms with van der Waals surface area (Å²) in [6.07, 6.45) is 3.46. The maximum absolute atomic E-state index is 12.2. The first-order chi connectivity index (χ1) is 10.6. The van der Waals surface area contributed by atoms with Gasteiger partial charge in [-0.2, -0.15) is 0 Å². The van der Waals surface area contributed by atoms with E-state index < -0.39 is 4.92 Å². The van der Waals surface area contributed by atoms with Crippen molar-refractivity contribution in [3.8, 4) is 0 Å². The zero-order valence-corrected chi connectivity index (χ0v) is 12.8. The third-order valence-electron chi connectivity index (χ3n) is 3.82. The number of ketones is 1. The second-order valence-corrected chi connectivity index (χ2v) is 6.35. The van der Waals surface area contributed by atoms with Crippen LogP contribution in [0.5, 0.6) is 0 Å². The SMILES string of the molecule is O=C(CSc1ccc2c(c1)CCC2)c1cccc([N+](=O)[O-])c1.